The van der Waals surface area contributed by atoms with Crippen molar-refractivity contribution >= 4 is 0 Å². The Morgan fingerprint density at radius 1 is 1.14 bits per heavy atom. The molecule has 0 aliphatic heterocycles. The Labute approximate surface area is 131 Å². The number of methoxy groups -OCH3 is 1. The van der Waals surface area contributed by atoms with Crippen LogP contribution in [0.5, 0.6) is 0 Å². The molecule has 0 saturated carbocycles. The van der Waals surface area contributed by atoms with Crippen molar-refractivity contribution < 1.29 is 4.74 Å². The number of ether oxygens (including phenoxy) is 1. The molecule has 1 N–H and O–H groups in total. The summed E-state index contributed by atoms with van der Waals surface area (Å²) in [6.45, 7) is 14.4. The maximum Gasteiger partial charge on any atom is 0.0775 e. The number of hydrogen-bond donors (Lipinski definition) is 1. The smallest absolute Gasteiger partial charge is 0.0775 e. The third kappa shape index (κ3) is 5.12. The van der Waals surface area contributed by atoms with Crippen LogP contribution in [0.15, 0.2) is 18.2 Å². The minimum Gasteiger partial charge on any atom is -0.379 e. The van der Waals surface area contributed by atoms with Gasteiger partial charge in [-0.1, -0.05) is 45.9 Å². The van der Waals surface area contributed by atoms with E-state index in [1.165, 1.54) is 16.7 Å². The molecule has 2 nitrogen and oxygen atoms in total. The van der Waals surface area contributed by atoms with Crippen LogP contribution in [0.3, 0.4) is 0 Å². The second kappa shape index (κ2) is 7.95. The molecule has 1 aromatic rings. The Balaban J connectivity index is 3.02. The van der Waals surface area contributed by atoms with Crippen LogP contribution in [0.1, 0.15) is 50.8 Å². The molecule has 0 bridgehead atoms. The van der Waals surface area contributed by atoms with Gasteiger partial charge < -0.3 is 10.1 Å². The zero-order valence-corrected chi connectivity index (χ0v) is 14.9. The van der Waals surface area contributed by atoms with Gasteiger partial charge in [0.05, 0.1) is 6.10 Å². The Hall–Kier alpha value is -0.860. The molecule has 2 heteroatoms. The fourth-order valence-corrected chi connectivity index (χ4v) is 3.13. The lowest BCUT2D eigenvalue weighted by molar-refractivity contribution is -0.0110. The monoisotopic (exact) mass is 291 g/mol. The summed E-state index contributed by atoms with van der Waals surface area (Å²) in [7, 11) is 1.83. The predicted octanol–water partition coefficient (Wildman–Crippen LogP) is 4.28. The normalized spacial score (nSPS) is 15.0. The van der Waals surface area contributed by atoms with Gasteiger partial charge in [0, 0.05) is 13.2 Å². The summed E-state index contributed by atoms with van der Waals surface area (Å²) in [4.78, 5) is 0. The van der Waals surface area contributed by atoms with Crippen molar-refractivity contribution in [2.45, 2.75) is 66.5 Å². The highest BCUT2D eigenvalue weighted by molar-refractivity contribution is 5.34. The van der Waals surface area contributed by atoms with E-state index in [0.717, 1.165) is 19.4 Å². The predicted molar refractivity (Wildman–Crippen MR) is 92.0 cm³/mol. The maximum absolute atomic E-state index is 5.86. The molecule has 1 rings (SSSR count). The molecule has 0 radical (unpaired) electrons. The van der Waals surface area contributed by atoms with E-state index in [9.17, 15) is 0 Å². The molecule has 1 aromatic carbocycles. The number of aryl methyl sites for hydroxylation is 2. The average Bonchev–Trinajstić information content (AvgIpc) is 2.38. The summed E-state index contributed by atoms with van der Waals surface area (Å²) in [5.41, 5.74) is 4.33. The third-order valence-corrected chi connectivity index (χ3v) is 4.20. The van der Waals surface area contributed by atoms with Crippen molar-refractivity contribution in [1.82, 2.24) is 5.32 Å². The van der Waals surface area contributed by atoms with E-state index >= 15 is 0 Å². The number of rotatable bonds is 7. The molecular weight excluding hydrogens is 258 g/mol. The van der Waals surface area contributed by atoms with Gasteiger partial charge in [0.1, 0.15) is 0 Å². The summed E-state index contributed by atoms with van der Waals surface area (Å²) < 4.78 is 5.86. The standard InChI is InChI=1S/C19H33NO/c1-8-12-20-17(18(21-7)19(4,5)6)13-16-14(2)10-9-11-15(16)3/h9-11,17-18,20H,8,12-13H2,1-7H3. The SMILES string of the molecule is CCCNC(Cc1c(C)cccc1C)C(OC)C(C)(C)C. The summed E-state index contributed by atoms with van der Waals surface area (Å²) in [6, 6.07) is 6.89. The fraction of sp³-hybridized carbons (Fsp3) is 0.684. The van der Waals surface area contributed by atoms with Gasteiger partial charge in [-0.15, -0.1) is 0 Å². The first-order valence-electron chi connectivity index (χ1n) is 8.12. The van der Waals surface area contributed by atoms with Gasteiger partial charge in [0.2, 0.25) is 0 Å². The second-order valence-electron chi connectivity index (χ2n) is 7.16. The van der Waals surface area contributed by atoms with E-state index < -0.39 is 0 Å². The molecule has 2 atom stereocenters. The van der Waals surface area contributed by atoms with Crippen molar-refractivity contribution in [3.8, 4) is 0 Å². The zero-order valence-electron chi connectivity index (χ0n) is 14.9. The van der Waals surface area contributed by atoms with Crippen LogP contribution >= 0.6 is 0 Å². The molecule has 0 aromatic heterocycles. The molecule has 21 heavy (non-hydrogen) atoms. The van der Waals surface area contributed by atoms with E-state index in [0.29, 0.717) is 6.04 Å². The van der Waals surface area contributed by atoms with Gasteiger partial charge in [0.15, 0.2) is 0 Å². The molecule has 0 aliphatic carbocycles. The Morgan fingerprint density at radius 2 is 1.71 bits per heavy atom. The largest absolute Gasteiger partial charge is 0.379 e. The third-order valence-electron chi connectivity index (χ3n) is 4.20. The fourth-order valence-electron chi connectivity index (χ4n) is 3.13. The highest BCUT2D eigenvalue weighted by atomic mass is 16.5. The number of benzene rings is 1. The van der Waals surface area contributed by atoms with Crippen molar-refractivity contribution in [3.05, 3.63) is 34.9 Å². The molecular formula is C19H33NO. The lowest BCUT2D eigenvalue weighted by Gasteiger charge is -2.37. The Morgan fingerprint density at radius 3 is 2.14 bits per heavy atom. The van der Waals surface area contributed by atoms with Crippen LogP contribution in [0, 0.1) is 19.3 Å². The molecule has 0 saturated heterocycles. The topological polar surface area (TPSA) is 21.3 Å². The average molecular weight is 291 g/mol. The van der Waals surface area contributed by atoms with Gasteiger partial charge in [-0.05, 0) is 55.3 Å². The molecule has 0 fully saturated rings. The minimum absolute atomic E-state index is 0.122. The van der Waals surface area contributed by atoms with Crippen molar-refractivity contribution in [2.75, 3.05) is 13.7 Å². The Kier molecular flexibility index (Phi) is 6.89. The lowest BCUT2D eigenvalue weighted by Crippen LogP contribution is -2.49. The van der Waals surface area contributed by atoms with E-state index in [2.05, 4.69) is 65.1 Å². The molecule has 0 amide bonds. The van der Waals surface area contributed by atoms with Crippen molar-refractivity contribution in [1.29, 1.82) is 0 Å². The first kappa shape index (κ1) is 18.2. The first-order valence-corrected chi connectivity index (χ1v) is 8.12. The van der Waals surface area contributed by atoms with E-state index in [1.54, 1.807) is 0 Å². The summed E-state index contributed by atoms with van der Waals surface area (Å²) in [5.74, 6) is 0. The van der Waals surface area contributed by atoms with Gasteiger partial charge in [0.25, 0.3) is 0 Å². The van der Waals surface area contributed by atoms with Gasteiger partial charge in [-0.3, -0.25) is 0 Å². The molecule has 2 unspecified atom stereocenters. The summed E-state index contributed by atoms with van der Waals surface area (Å²) in [6.07, 6.45) is 2.36. The lowest BCUT2D eigenvalue weighted by atomic mass is 9.81. The second-order valence-corrected chi connectivity index (χ2v) is 7.16. The van der Waals surface area contributed by atoms with E-state index in [4.69, 9.17) is 4.74 Å². The van der Waals surface area contributed by atoms with Crippen molar-refractivity contribution in [2.24, 2.45) is 5.41 Å². The summed E-state index contributed by atoms with van der Waals surface area (Å²) in [5, 5.41) is 3.70. The zero-order chi connectivity index (χ0) is 16.0. The van der Waals surface area contributed by atoms with Crippen LogP contribution in [0.2, 0.25) is 0 Å². The highest BCUT2D eigenvalue weighted by Gasteiger charge is 2.32. The molecule has 0 aliphatic rings. The first-order chi connectivity index (χ1) is 9.81. The van der Waals surface area contributed by atoms with Crippen molar-refractivity contribution in [3.63, 3.8) is 0 Å². The van der Waals surface area contributed by atoms with Crippen LogP contribution in [0.4, 0.5) is 0 Å². The summed E-state index contributed by atoms with van der Waals surface area (Å²) >= 11 is 0. The highest BCUT2D eigenvalue weighted by Crippen LogP contribution is 2.27. The van der Waals surface area contributed by atoms with Gasteiger partial charge in [-0.2, -0.15) is 0 Å². The van der Waals surface area contributed by atoms with Crippen LogP contribution < -0.4 is 5.32 Å². The minimum atomic E-state index is 0.122. The molecule has 120 valence electrons. The van der Waals surface area contributed by atoms with Crippen LogP contribution in [0.25, 0.3) is 0 Å². The maximum atomic E-state index is 5.86. The Bertz CT molecular complexity index is 413. The van der Waals surface area contributed by atoms with Crippen LogP contribution in [-0.2, 0) is 11.2 Å². The van der Waals surface area contributed by atoms with E-state index in [-0.39, 0.29) is 11.5 Å². The van der Waals surface area contributed by atoms with Gasteiger partial charge in [-0.25, -0.2) is 0 Å². The molecule has 0 heterocycles. The number of nitrogens with one attached hydrogen (secondary N) is 1. The van der Waals surface area contributed by atoms with Gasteiger partial charge >= 0.3 is 0 Å². The molecule has 0 spiro atoms. The quantitative estimate of drug-likeness (QED) is 0.810. The number of hydrogen-bond acceptors (Lipinski definition) is 2. The van der Waals surface area contributed by atoms with Crippen LogP contribution in [-0.4, -0.2) is 25.8 Å². The van der Waals surface area contributed by atoms with E-state index in [1.807, 2.05) is 7.11 Å².